The molecule has 0 radical (unpaired) electrons. The Morgan fingerprint density at radius 3 is 2.43 bits per heavy atom. The molecule has 44 heavy (non-hydrogen) atoms. The first kappa shape index (κ1) is 29.5. The monoisotopic (exact) mass is 608 g/mol. The first-order valence-electron chi connectivity index (χ1n) is 14.6. The predicted octanol–water partition coefficient (Wildman–Crippen LogP) is 6.44. The van der Waals surface area contributed by atoms with Gasteiger partial charge in [-0.15, -0.1) is 0 Å². The molecule has 1 saturated heterocycles. The molecule has 1 aliphatic rings. The smallest absolute Gasteiger partial charge is 0.264 e. The van der Waals surface area contributed by atoms with Crippen molar-refractivity contribution in [2.24, 2.45) is 0 Å². The van der Waals surface area contributed by atoms with Gasteiger partial charge in [-0.05, 0) is 71.6 Å². The van der Waals surface area contributed by atoms with Crippen LogP contribution in [0.4, 0.5) is 10.1 Å². The lowest BCUT2D eigenvalue weighted by Crippen LogP contribution is -2.50. The zero-order valence-corrected chi connectivity index (χ0v) is 25.2. The van der Waals surface area contributed by atoms with E-state index in [9.17, 15) is 17.6 Å². The molecule has 0 aliphatic carbocycles. The minimum atomic E-state index is -3.91. The van der Waals surface area contributed by atoms with E-state index in [0.717, 1.165) is 28.5 Å². The van der Waals surface area contributed by atoms with E-state index in [1.807, 2.05) is 60.4 Å². The van der Waals surface area contributed by atoms with Crippen molar-refractivity contribution >= 4 is 32.5 Å². The van der Waals surface area contributed by atoms with Gasteiger partial charge in [-0.25, -0.2) is 12.8 Å². The second-order valence-electron chi connectivity index (χ2n) is 11.0. The van der Waals surface area contributed by atoms with E-state index in [-0.39, 0.29) is 22.7 Å². The van der Waals surface area contributed by atoms with Crippen LogP contribution in [0.15, 0.2) is 114 Å². The number of fused-ring (bicyclic) bond motifs is 1. The number of hydrogen-bond acceptors (Lipinski definition) is 5. The molecule has 5 aromatic rings. The van der Waals surface area contributed by atoms with Gasteiger partial charge in [0.25, 0.3) is 15.9 Å². The Hall–Kier alpha value is -4.60. The molecule has 1 amide bonds. The topological polar surface area (TPSA) is 82.6 Å². The number of benzene rings is 4. The number of nitrogens with zero attached hydrogens (tertiary/aromatic N) is 3. The van der Waals surface area contributed by atoms with E-state index >= 15 is 0 Å². The molecule has 1 aliphatic heterocycles. The molecule has 4 aromatic carbocycles. The van der Waals surface area contributed by atoms with Gasteiger partial charge in [0.15, 0.2) is 0 Å². The highest BCUT2D eigenvalue weighted by Crippen LogP contribution is 2.29. The van der Waals surface area contributed by atoms with Crippen molar-refractivity contribution in [3.05, 3.63) is 137 Å². The molecule has 2 heterocycles. The van der Waals surface area contributed by atoms with Crippen LogP contribution < -0.4 is 4.72 Å². The molecule has 6 rings (SSSR count). The zero-order valence-electron chi connectivity index (χ0n) is 24.4. The molecule has 9 heteroatoms. The Bertz CT molecular complexity index is 1890. The number of sulfonamides is 1. The van der Waals surface area contributed by atoms with Crippen LogP contribution >= 0.6 is 0 Å². The summed E-state index contributed by atoms with van der Waals surface area (Å²) in [6, 6.07) is 30.0. The third-order valence-electron chi connectivity index (χ3n) is 8.01. The fourth-order valence-corrected chi connectivity index (χ4v) is 7.05. The second kappa shape index (κ2) is 12.6. The van der Waals surface area contributed by atoms with Crippen molar-refractivity contribution < 1.29 is 17.6 Å². The van der Waals surface area contributed by atoms with Crippen LogP contribution in [0, 0.1) is 5.82 Å². The van der Waals surface area contributed by atoms with Crippen molar-refractivity contribution in [3.63, 3.8) is 0 Å². The predicted molar refractivity (Wildman–Crippen MR) is 170 cm³/mol. The lowest BCUT2D eigenvalue weighted by molar-refractivity contribution is 0.0434. The average Bonchev–Trinajstić information content (AvgIpc) is 3.04. The number of rotatable bonds is 8. The van der Waals surface area contributed by atoms with Crippen molar-refractivity contribution in [2.45, 2.75) is 30.8 Å². The molecule has 7 nitrogen and oxygen atoms in total. The minimum Gasteiger partial charge on any atom is -0.329 e. The molecule has 1 aromatic heterocycles. The van der Waals surface area contributed by atoms with E-state index in [2.05, 4.69) is 14.6 Å². The fraction of sp³-hybridized carbons (Fsp3) is 0.200. The second-order valence-corrected chi connectivity index (χ2v) is 12.6. The van der Waals surface area contributed by atoms with E-state index in [0.29, 0.717) is 42.9 Å². The maximum absolute atomic E-state index is 14.2. The van der Waals surface area contributed by atoms with Crippen LogP contribution in [0.2, 0.25) is 0 Å². The van der Waals surface area contributed by atoms with Crippen LogP contribution in [0.5, 0.6) is 0 Å². The van der Waals surface area contributed by atoms with Crippen LogP contribution in [-0.4, -0.2) is 48.7 Å². The quantitative estimate of drug-likeness (QED) is 0.219. The first-order valence-corrected chi connectivity index (χ1v) is 16.1. The fourth-order valence-electron chi connectivity index (χ4n) is 5.81. The number of hydrogen-bond donors (Lipinski definition) is 1. The Balaban J connectivity index is 1.20. The van der Waals surface area contributed by atoms with Gasteiger partial charge in [0.05, 0.1) is 11.6 Å². The Morgan fingerprint density at radius 2 is 1.66 bits per heavy atom. The molecule has 0 spiro atoms. The highest BCUT2D eigenvalue weighted by atomic mass is 32.2. The summed E-state index contributed by atoms with van der Waals surface area (Å²) in [5.41, 5.74) is 4.11. The van der Waals surface area contributed by atoms with Crippen molar-refractivity contribution in [1.82, 2.24) is 14.8 Å². The van der Waals surface area contributed by atoms with Gasteiger partial charge in [-0.3, -0.25) is 19.4 Å². The van der Waals surface area contributed by atoms with Gasteiger partial charge in [-0.2, -0.15) is 0 Å². The van der Waals surface area contributed by atoms with E-state index in [4.69, 9.17) is 0 Å². The summed E-state index contributed by atoms with van der Waals surface area (Å²) in [6.45, 7) is 4.35. The number of halogens is 1. The number of carbonyl (C=O) groups excluding carboxylic acids is 1. The average molecular weight is 609 g/mol. The Labute approximate surface area is 257 Å². The Kier molecular flexibility index (Phi) is 8.41. The number of nitrogens with one attached hydrogen (secondary N) is 1. The molecule has 0 saturated carbocycles. The molecule has 0 bridgehead atoms. The van der Waals surface area contributed by atoms with Gasteiger partial charge in [0, 0.05) is 49.0 Å². The van der Waals surface area contributed by atoms with Crippen molar-refractivity contribution in [2.75, 3.05) is 24.4 Å². The number of aromatic nitrogens is 1. The summed E-state index contributed by atoms with van der Waals surface area (Å²) in [5.74, 6) is -0.363. The summed E-state index contributed by atoms with van der Waals surface area (Å²) in [5, 5.41) is 0.728. The number of pyridine rings is 1. The van der Waals surface area contributed by atoms with Gasteiger partial charge < -0.3 is 4.90 Å². The summed E-state index contributed by atoms with van der Waals surface area (Å²) in [6.07, 6.45) is 2.33. The summed E-state index contributed by atoms with van der Waals surface area (Å²) >= 11 is 0. The van der Waals surface area contributed by atoms with Crippen LogP contribution in [0.1, 0.15) is 40.0 Å². The molecule has 1 unspecified atom stereocenters. The van der Waals surface area contributed by atoms with Crippen LogP contribution in [0.25, 0.3) is 10.9 Å². The van der Waals surface area contributed by atoms with Gasteiger partial charge in [0.1, 0.15) is 10.7 Å². The summed E-state index contributed by atoms with van der Waals surface area (Å²) in [4.78, 5) is 22.3. The van der Waals surface area contributed by atoms with Crippen LogP contribution in [0.3, 0.4) is 0 Å². The van der Waals surface area contributed by atoms with Gasteiger partial charge in [-0.1, -0.05) is 61.5 Å². The van der Waals surface area contributed by atoms with Gasteiger partial charge >= 0.3 is 0 Å². The lowest BCUT2D eigenvalue weighted by Gasteiger charge is -2.42. The normalized spacial score (nSPS) is 15.8. The molecule has 1 N–H and O–H groups in total. The van der Waals surface area contributed by atoms with E-state index in [1.165, 1.54) is 6.07 Å². The third-order valence-corrected chi connectivity index (χ3v) is 9.42. The molecular formula is C35H33FN4O3S. The molecular weight excluding hydrogens is 575 g/mol. The zero-order chi connectivity index (χ0) is 30.7. The minimum absolute atomic E-state index is 0.0866. The number of amides is 1. The lowest BCUT2D eigenvalue weighted by atomic mass is 10.00. The highest BCUT2D eigenvalue weighted by Gasteiger charge is 2.32. The van der Waals surface area contributed by atoms with Crippen molar-refractivity contribution in [1.29, 1.82) is 0 Å². The van der Waals surface area contributed by atoms with Crippen LogP contribution in [-0.2, 0) is 23.0 Å². The third kappa shape index (κ3) is 6.34. The number of piperazine rings is 1. The molecule has 224 valence electrons. The number of carbonyl (C=O) groups is 1. The van der Waals surface area contributed by atoms with Gasteiger partial charge in [0.2, 0.25) is 0 Å². The van der Waals surface area contributed by atoms with E-state index in [1.54, 1.807) is 54.7 Å². The molecule has 1 fully saturated rings. The number of para-hydroxylation sites is 1. The largest absolute Gasteiger partial charge is 0.329 e. The van der Waals surface area contributed by atoms with E-state index < -0.39 is 10.0 Å². The SMILES string of the molecule is CCc1cc(F)cc(CN2CCN(C(=O)c3ccc(NS(=O)(=O)c4cccc5cccnc45)cc3)C(c3ccccc3)C2)c1. The summed E-state index contributed by atoms with van der Waals surface area (Å²) < 4.78 is 43.3. The number of anilines is 1. The van der Waals surface area contributed by atoms with Crippen molar-refractivity contribution in [3.8, 4) is 0 Å². The summed E-state index contributed by atoms with van der Waals surface area (Å²) in [7, 11) is -3.91. The first-order chi connectivity index (χ1) is 21.3. The maximum atomic E-state index is 14.2. The number of aryl methyl sites for hydroxylation is 1. The highest BCUT2D eigenvalue weighted by molar-refractivity contribution is 7.93. The maximum Gasteiger partial charge on any atom is 0.264 e. The Morgan fingerprint density at radius 1 is 0.909 bits per heavy atom. The molecule has 1 atom stereocenters. The standard InChI is InChI=1S/C35H33FN4O3S/c1-2-25-20-26(22-30(36)21-25)23-39-18-19-40(32(24-39)27-8-4-3-5-9-27)35(41)29-13-15-31(16-14-29)38-44(42,43)33-12-6-10-28-11-7-17-37-34(28)33/h3-17,20-22,32,38H,2,18-19,23-24H2,1H3.